The Kier molecular flexibility index (Phi) is 3.87. The summed E-state index contributed by atoms with van der Waals surface area (Å²) in [6.45, 7) is 0. The number of anilines is 1. The molecule has 21 heavy (non-hydrogen) atoms. The van der Waals surface area contributed by atoms with Crippen LogP contribution in [0.1, 0.15) is 5.69 Å². The van der Waals surface area contributed by atoms with Crippen LogP contribution in [0.4, 0.5) is 10.2 Å². The number of aromatic nitrogens is 2. The summed E-state index contributed by atoms with van der Waals surface area (Å²) in [5.74, 6) is 0.354. The third kappa shape index (κ3) is 3.22. The van der Waals surface area contributed by atoms with Crippen molar-refractivity contribution in [3.8, 4) is 0 Å². The lowest BCUT2D eigenvalue weighted by Gasteiger charge is -2.02. The molecule has 3 aromatic rings. The highest BCUT2D eigenvalue weighted by molar-refractivity contribution is 9.10. The van der Waals surface area contributed by atoms with Crippen molar-refractivity contribution in [2.45, 2.75) is 0 Å². The summed E-state index contributed by atoms with van der Waals surface area (Å²) in [4.78, 5) is 8.51. The van der Waals surface area contributed by atoms with Crippen LogP contribution in [0.3, 0.4) is 0 Å². The second-order valence-electron chi connectivity index (χ2n) is 4.28. The summed E-state index contributed by atoms with van der Waals surface area (Å²) in [5.41, 5.74) is 4.17. The van der Waals surface area contributed by atoms with Gasteiger partial charge in [0.1, 0.15) is 11.6 Å². The Labute approximate surface area is 128 Å². The number of hydrazone groups is 1. The van der Waals surface area contributed by atoms with Crippen LogP contribution in [0, 0.1) is 5.82 Å². The number of nitrogens with one attached hydrogen (secondary N) is 1. The average molecular weight is 345 g/mol. The van der Waals surface area contributed by atoms with Gasteiger partial charge in [-0.15, -0.1) is 0 Å². The highest BCUT2D eigenvalue weighted by Crippen LogP contribution is 2.23. The number of rotatable bonds is 3. The zero-order chi connectivity index (χ0) is 14.7. The molecular weight excluding hydrogens is 335 g/mol. The maximum atomic E-state index is 13.3. The maximum absolute atomic E-state index is 13.3. The zero-order valence-electron chi connectivity index (χ0n) is 10.8. The van der Waals surface area contributed by atoms with Crippen LogP contribution in [0.15, 0.2) is 58.2 Å². The van der Waals surface area contributed by atoms with Crippen LogP contribution in [-0.4, -0.2) is 16.2 Å². The number of halogens is 2. The van der Waals surface area contributed by atoms with Gasteiger partial charge in [0.05, 0.1) is 17.4 Å². The summed E-state index contributed by atoms with van der Waals surface area (Å²) in [6.07, 6.45) is 3.27. The second-order valence-corrected chi connectivity index (χ2v) is 5.13. The van der Waals surface area contributed by atoms with Crippen LogP contribution in [0.25, 0.3) is 10.9 Å². The minimum atomic E-state index is -0.297. The van der Waals surface area contributed by atoms with Gasteiger partial charge in [0, 0.05) is 16.1 Å². The van der Waals surface area contributed by atoms with Crippen LogP contribution >= 0.6 is 15.9 Å². The molecule has 2 heterocycles. The average Bonchev–Trinajstić information content (AvgIpc) is 2.49. The second kappa shape index (κ2) is 5.97. The third-order valence-corrected chi connectivity index (χ3v) is 3.38. The van der Waals surface area contributed by atoms with Crippen molar-refractivity contribution in [3.63, 3.8) is 0 Å². The minimum absolute atomic E-state index is 0.297. The van der Waals surface area contributed by atoms with Gasteiger partial charge >= 0.3 is 0 Å². The van der Waals surface area contributed by atoms with Crippen molar-refractivity contribution in [2.75, 3.05) is 5.43 Å². The molecule has 0 aliphatic carbocycles. The number of fused-ring (bicyclic) bond motifs is 1. The van der Waals surface area contributed by atoms with Gasteiger partial charge in [-0.25, -0.2) is 14.4 Å². The molecule has 104 valence electrons. The fourth-order valence-corrected chi connectivity index (χ4v) is 2.37. The molecule has 0 fully saturated rings. The van der Waals surface area contributed by atoms with Crippen molar-refractivity contribution in [1.29, 1.82) is 0 Å². The Morgan fingerprint density at radius 3 is 2.90 bits per heavy atom. The van der Waals surface area contributed by atoms with Crippen molar-refractivity contribution in [3.05, 3.63) is 64.6 Å². The number of pyridine rings is 2. The summed E-state index contributed by atoms with van der Waals surface area (Å²) < 4.78 is 13.9. The van der Waals surface area contributed by atoms with Gasteiger partial charge in [-0.1, -0.05) is 12.1 Å². The van der Waals surface area contributed by atoms with E-state index in [-0.39, 0.29) is 5.82 Å². The first-order chi connectivity index (χ1) is 10.2. The molecule has 0 bridgehead atoms. The topological polar surface area (TPSA) is 50.2 Å². The van der Waals surface area contributed by atoms with Crippen molar-refractivity contribution in [1.82, 2.24) is 9.97 Å². The first-order valence-corrected chi connectivity index (χ1v) is 6.97. The van der Waals surface area contributed by atoms with Crippen LogP contribution < -0.4 is 5.43 Å². The Morgan fingerprint density at radius 2 is 2.10 bits per heavy atom. The molecule has 0 aliphatic rings. The quantitative estimate of drug-likeness (QED) is 0.577. The fourth-order valence-electron chi connectivity index (χ4n) is 1.84. The first kappa shape index (κ1) is 13.6. The SMILES string of the molecule is Fc1cc(Br)c2nc(/C=N/Nc3ccccn3)ccc2c1. The van der Waals surface area contributed by atoms with Gasteiger partial charge in [-0.05, 0) is 46.3 Å². The van der Waals surface area contributed by atoms with Crippen LogP contribution in [-0.2, 0) is 0 Å². The number of benzene rings is 1. The predicted octanol–water partition coefficient (Wildman–Crippen LogP) is 3.98. The molecule has 0 unspecified atom stereocenters. The lowest BCUT2D eigenvalue weighted by atomic mass is 10.2. The van der Waals surface area contributed by atoms with E-state index in [0.29, 0.717) is 21.5 Å². The highest BCUT2D eigenvalue weighted by Gasteiger charge is 2.04. The molecule has 0 aliphatic heterocycles. The monoisotopic (exact) mass is 344 g/mol. The molecule has 0 spiro atoms. The zero-order valence-corrected chi connectivity index (χ0v) is 12.4. The fraction of sp³-hybridized carbons (Fsp3) is 0. The van der Waals surface area contributed by atoms with E-state index in [4.69, 9.17) is 0 Å². The third-order valence-electron chi connectivity index (χ3n) is 2.77. The van der Waals surface area contributed by atoms with Crippen LogP contribution in [0.2, 0.25) is 0 Å². The van der Waals surface area contributed by atoms with Gasteiger partial charge in [-0.3, -0.25) is 5.43 Å². The molecule has 0 atom stereocenters. The minimum Gasteiger partial charge on any atom is -0.261 e. The Morgan fingerprint density at radius 1 is 1.19 bits per heavy atom. The highest BCUT2D eigenvalue weighted by atomic mass is 79.9. The maximum Gasteiger partial charge on any atom is 0.146 e. The molecule has 1 aromatic carbocycles. The molecule has 4 nitrogen and oxygen atoms in total. The summed E-state index contributed by atoms with van der Waals surface area (Å²) in [7, 11) is 0. The van der Waals surface area contributed by atoms with Gasteiger partial charge in [-0.2, -0.15) is 5.10 Å². The van der Waals surface area contributed by atoms with Crippen molar-refractivity contribution < 1.29 is 4.39 Å². The summed E-state index contributed by atoms with van der Waals surface area (Å²) in [6, 6.07) is 11.9. The Bertz CT molecular complexity index is 805. The van der Waals surface area contributed by atoms with Gasteiger partial charge in [0.2, 0.25) is 0 Å². The Balaban J connectivity index is 1.84. The van der Waals surface area contributed by atoms with Crippen molar-refractivity contribution >= 4 is 38.9 Å². The van der Waals surface area contributed by atoms with Crippen molar-refractivity contribution in [2.24, 2.45) is 5.10 Å². The van der Waals surface area contributed by atoms with E-state index in [1.165, 1.54) is 12.1 Å². The Hall–Kier alpha value is -2.34. The lowest BCUT2D eigenvalue weighted by Crippen LogP contribution is -1.95. The summed E-state index contributed by atoms with van der Waals surface area (Å²) >= 11 is 3.31. The van der Waals surface area contributed by atoms with E-state index < -0.39 is 0 Å². The molecule has 0 saturated carbocycles. The predicted molar refractivity (Wildman–Crippen MR) is 84.9 cm³/mol. The van der Waals surface area contributed by atoms with E-state index in [0.717, 1.165) is 5.39 Å². The molecule has 1 N–H and O–H groups in total. The van der Waals surface area contributed by atoms with Gasteiger partial charge in [0.25, 0.3) is 0 Å². The normalized spacial score (nSPS) is 11.1. The van der Waals surface area contributed by atoms with E-state index in [2.05, 4.69) is 36.4 Å². The summed E-state index contributed by atoms with van der Waals surface area (Å²) in [5, 5.41) is 4.81. The van der Waals surface area contributed by atoms with Gasteiger partial charge in [0.15, 0.2) is 0 Å². The first-order valence-electron chi connectivity index (χ1n) is 6.18. The molecule has 0 saturated heterocycles. The molecule has 3 rings (SSSR count). The van der Waals surface area contributed by atoms with E-state index >= 15 is 0 Å². The van der Waals surface area contributed by atoms with Crippen LogP contribution in [0.5, 0.6) is 0 Å². The van der Waals surface area contributed by atoms with E-state index in [1.807, 2.05) is 18.2 Å². The van der Waals surface area contributed by atoms with Gasteiger partial charge < -0.3 is 0 Å². The standard InChI is InChI=1S/C15H10BrFN4/c16-13-8-11(17)7-10-4-5-12(20-15(10)13)9-19-21-14-3-1-2-6-18-14/h1-9H,(H,18,21)/b19-9+. The number of hydrogen-bond acceptors (Lipinski definition) is 4. The molecule has 6 heteroatoms. The van der Waals surface area contributed by atoms with E-state index in [9.17, 15) is 4.39 Å². The molecule has 0 radical (unpaired) electrons. The molecule has 2 aromatic heterocycles. The number of nitrogens with zero attached hydrogens (tertiary/aromatic N) is 3. The largest absolute Gasteiger partial charge is 0.261 e. The molecule has 0 amide bonds. The van der Waals surface area contributed by atoms with E-state index in [1.54, 1.807) is 24.5 Å². The smallest absolute Gasteiger partial charge is 0.146 e. The lowest BCUT2D eigenvalue weighted by molar-refractivity contribution is 0.629. The number of hydrogen-bond donors (Lipinski definition) is 1. The molecular formula is C15H10BrFN4.